The van der Waals surface area contributed by atoms with Crippen LogP contribution in [0, 0.1) is 72.4 Å². The van der Waals surface area contributed by atoms with Gasteiger partial charge in [-0.05, 0) is 64.2 Å². The minimum Gasteiger partial charge on any atom is -0.0312 e. The van der Waals surface area contributed by atoms with Gasteiger partial charge in [-0.25, -0.2) is 0 Å². The summed E-state index contributed by atoms with van der Waals surface area (Å²) >= 11 is -3.78. The van der Waals surface area contributed by atoms with Crippen molar-refractivity contribution in [1.82, 2.24) is 0 Å². The van der Waals surface area contributed by atoms with Gasteiger partial charge in [-0.3, -0.25) is 0 Å². The van der Waals surface area contributed by atoms with E-state index >= 15 is 0 Å². The van der Waals surface area contributed by atoms with Gasteiger partial charge in [0.15, 0.2) is 0 Å². The van der Waals surface area contributed by atoms with Gasteiger partial charge in [0.2, 0.25) is 0 Å². The number of rotatable bonds is 2. The smallest absolute Gasteiger partial charge is 0.0312 e. The molecule has 3 aliphatic carbocycles. The van der Waals surface area contributed by atoms with Crippen molar-refractivity contribution >= 4 is 36.8 Å². The van der Waals surface area contributed by atoms with Crippen molar-refractivity contribution in [2.24, 2.45) is 0 Å². The van der Waals surface area contributed by atoms with Crippen molar-refractivity contribution in [3.63, 3.8) is 0 Å². The minimum absolute atomic E-state index is 0. The molecule has 0 unspecified atom stereocenters. The van der Waals surface area contributed by atoms with Crippen LogP contribution in [0.4, 0.5) is 0 Å². The molecule has 142 valence electrons. The monoisotopic (exact) mass is 654 g/mol. The molecule has 10 radical (unpaired) electrons. The third-order valence-electron chi connectivity index (χ3n) is 3.63. The van der Waals surface area contributed by atoms with Crippen molar-refractivity contribution < 1.29 is 26.2 Å². The van der Waals surface area contributed by atoms with Crippen LogP contribution in [0.5, 0.6) is 0 Å². The van der Waals surface area contributed by atoms with E-state index in [0.29, 0.717) is 0 Å². The number of hydrogen-bond donors (Lipinski definition) is 0. The first-order valence-corrected chi connectivity index (χ1v) is 29.8. The summed E-state index contributed by atoms with van der Waals surface area (Å²) in [5.41, 5.74) is 3.14. The molecule has 0 bridgehead atoms. The van der Waals surface area contributed by atoms with Crippen LogP contribution in [0.15, 0.2) is 11.1 Å². The second kappa shape index (κ2) is 15.7. The van der Waals surface area contributed by atoms with Crippen LogP contribution < -0.4 is 0 Å². The molecule has 0 aromatic rings. The van der Waals surface area contributed by atoms with Crippen LogP contribution in [0.3, 0.4) is 0 Å². The summed E-state index contributed by atoms with van der Waals surface area (Å²) in [6, 6.07) is 0. The molecule has 0 nitrogen and oxygen atoms in total. The van der Waals surface area contributed by atoms with Gasteiger partial charge in [0, 0.05) is 0 Å². The molecular formula is C24H36Sn2Zr+2. The second-order valence-electron chi connectivity index (χ2n) is 8.84. The zero-order chi connectivity index (χ0) is 19.5. The van der Waals surface area contributed by atoms with E-state index in [1.54, 1.807) is 11.1 Å². The maximum Gasteiger partial charge on any atom is 4.00 e. The minimum atomic E-state index is -1.89. The second-order valence-corrected chi connectivity index (χ2v) is 36.0. The fourth-order valence-electron chi connectivity index (χ4n) is 2.73. The van der Waals surface area contributed by atoms with E-state index in [1.165, 1.54) is 25.7 Å². The van der Waals surface area contributed by atoms with Crippen LogP contribution in [0.2, 0.25) is 29.6 Å². The van der Waals surface area contributed by atoms with Gasteiger partial charge in [0.25, 0.3) is 0 Å². The standard InChI is InChI=1S/C8H8.2C5H5.6CH3.2Sn.Zr/c1-7-5-3-4-6-8(7)2;2*1-2-4-5-3-1;;;;;;;;;/h3-6H2;2*1-5H;6*1H3;;;/q-2;;;;;;;;;;;+4. The molecule has 3 fully saturated rings. The fraction of sp³-hybridized carbons (Fsp3) is 0.417. The van der Waals surface area contributed by atoms with Gasteiger partial charge in [0.1, 0.15) is 0 Å². The third kappa shape index (κ3) is 17.3. The summed E-state index contributed by atoms with van der Waals surface area (Å²) in [5, 5.41) is 0. The van der Waals surface area contributed by atoms with Crippen molar-refractivity contribution in [3.8, 4) is 0 Å². The molecule has 0 N–H and O–H groups in total. The Morgan fingerprint density at radius 2 is 0.741 bits per heavy atom. The van der Waals surface area contributed by atoms with E-state index in [2.05, 4.69) is 37.8 Å². The van der Waals surface area contributed by atoms with Crippen molar-refractivity contribution in [2.75, 3.05) is 0 Å². The van der Waals surface area contributed by atoms with Gasteiger partial charge in [0.05, 0.1) is 0 Å². The molecule has 0 aromatic heterocycles. The Labute approximate surface area is 199 Å². The normalized spacial score (nSPS) is 23.2. The van der Waals surface area contributed by atoms with Gasteiger partial charge in [-0.1, -0.05) is 0 Å². The van der Waals surface area contributed by atoms with E-state index in [-0.39, 0.29) is 26.2 Å². The van der Waals surface area contributed by atoms with E-state index in [0.717, 1.165) is 0 Å². The Balaban J connectivity index is 0.000000496. The predicted octanol–water partition coefficient (Wildman–Crippen LogP) is 6.81. The zero-order valence-electron chi connectivity index (χ0n) is 18.1. The first-order valence-electron chi connectivity index (χ1n) is 9.79. The number of allylic oxidation sites excluding steroid dienone is 2. The summed E-state index contributed by atoms with van der Waals surface area (Å²) in [6.07, 6.45) is 25.3. The summed E-state index contributed by atoms with van der Waals surface area (Å²) in [7, 11) is 0. The maximum atomic E-state index is 3.89. The molecule has 0 spiro atoms. The summed E-state index contributed by atoms with van der Waals surface area (Å²) < 4.78 is 7.78. The Hall–Kier alpha value is 1.96. The molecule has 3 saturated carbocycles. The largest absolute Gasteiger partial charge is 4.00 e. The average molecular weight is 653 g/mol. The molecule has 0 aliphatic heterocycles. The third-order valence-corrected chi connectivity index (χ3v) is 9.63. The van der Waals surface area contributed by atoms with Crippen LogP contribution in [-0.2, 0) is 26.2 Å². The van der Waals surface area contributed by atoms with Gasteiger partial charge in [-0.15, -0.1) is 0 Å². The van der Waals surface area contributed by atoms with Crippen LogP contribution in [0.25, 0.3) is 0 Å². The maximum absolute atomic E-state index is 3.89. The average Bonchev–Trinajstić information content (AvgIpc) is 3.25. The Bertz CT molecular complexity index is 373. The van der Waals surface area contributed by atoms with Crippen molar-refractivity contribution in [1.29, 1.82) is 0 Å². The van der Waals surface area contributed by atoms with Gasteiger partial charge in [-0.2, -0.15) is 0 Å². The van der Waals surface area contributed by atoms with E-state index in [1.807, 2.05) is 64.2 Å². The number of hydrogen-bond acceptors (Lipinski definition) is 0. The van der Waals surface area contributed by atoms with Crippen LogP contribution in [0.1, 0.15) is 25.7 Å². The fourth-order valence-corrected chi connectivity index (χ4v) is 9.47. The van der Waals surface area contributed by atoms with Gasteiger partial charge >= 0.3 is 138 Å². The van der Waals surface area contributed by atoms with Crippen LogP contribution in [-0.4, -0.2) is 36.8 Å². The molecule has 0 atom stereocenters. The SMILES string of the molecule is [CH3][Sn]([CH3])([CH3])[C-]=C1CCCCC1=[C-][Sn]([CH3])([CH3])[CH3].[CH]1[CH][CH][CH][CH]1.[CH]1[CH][CH][CH][CH]1.[Zr+4]. The first kappa shape index (κ1) is 29.0. The molecule has 0 amide bonds. The van der Waals surface area contributed by atoms with Gasteiger partial charge < -0.3 is 0 Å². The Morgan fingerprint density at radius 1 is 0.519 bits per heavy atom. The Morgan fingerprint density at radius 3 is 0.926 bits per heavy atom. The van der Waals surface area contributed by atoms with Crippen LogP contribution >= 0.6 is 0 Å². The van der Waals surface area contributed by atoms with Crippen molar-refractivity contribution in [3.05, 3.63) is 83.5 Å². The molecular weight excluding hydrogens is 617 g/mol. The zero-order valence-corrected chi connectivity index (χ0v) is 26.3. The topological polar surface area (TPSA) is 0 Å². The summed E-state index contributed by atoms with van der Waals surface area (Å²) in [5.74, 6) is 0. The van der Waals surface area contributed by atoms with Crippen molar-refractivity contribution in [2.45, 2.75) is 55.3 Å². The molecule has 0 heterocycles. The summed E-state index contributed by atoms with van der Waals surface area (Å²) in [4.78, 5) is 14.7. The summed E-state index contributed by atoms with van der Waals surface area (Å²) in [6.45, 7) is 0. The van der Waals surface area contributed by atoms with E-state index in [9.17, 15) is 0 Å². The van der Waals surface area contributed by atoms with E-state index < -0.39 is 36.8 Å². The molecule has 27 heavy (non-hydrogen) atoms. The molecule has 0 aromatic carbocycles. The molecule has 0 saturated heterocycles. The molecule has 3 heteroatoms. The predicted molar refractivity (Wildman–Crippen MR) is 122 cm³/mol. The first-order chi connectivity index (χ1) is 12.2. The molecule has 3 rings (SSSR count). The Kier molecular flexibility index (Phi) is 16.9. The van der Waals surface area contributed by atoms with E-state index in [4.69, 9.17) is 0 Å². The quantitative estimate of drug-likeness (QED) is 0.227. The molecule has 3 aliphatic rings.